The molecular formula is C15H25N3. The molecule has 1 aliphatic heterocycles. The Hall–Kier alpha value is -0.900. The van der Waals surface area contributed by atoms with Crippen LogP contribution in [0.5, 0.6) is 0 Å². The average molecular weight is 247 g/mol. The van der Waals surface area contributed by atoms with Gasteiger partial charge in [0, 0.05) is 25.7 Å². The summed E-state index contributed by atoms with van der Waals surface area (Å²) in [5.74, 6) is 0. The van der Waals surface area contributed by atoms with Crippen LogP contribution >= 0.6 is 0 Å². The van der Waals surface area contributed by atoms with Crippen LogP contribution in [-0.4, -0.2) is 43.0 Å². The van der Waals surface area contributed by atoms with E-state index in [9.17, 15) is 0 Å². The molecule has 1 aromatic carbocycles. The molecule has 3 nitrogen and oxygen atoms in total. The summed E-state index contributed by atoms with van der Waals surface area (Å²) >= 11 is 0. The zero-order valence-electron chi connectivity index (χ0n) is 11.6. The number of likely N-dealkylation sites (N-methyl/N-ethyl adjacent to an activating group) is 2. The number of nitrogens with two attached hydrogens (primary N) is 1. The molecule has 1 aromatic rings. The smallest absolute Gasteiger partial charge is 0.0231 e. The first kappa shape index (κ1) is 13.5. The number of rotatable bonds is 5. The van der Waals surface area contributed by atoms with E-state index in [-0.39, 0.29) is 0 Å². The minimum atomic E-state index is 0.628. The Morgan fingerprint density at radius 2 is 1.94 bits per heavy atom. The number of likely N-dealkylation sites (tertiary alicyclic amines) is 1. The maximum atomic E-state index is 5.61. The van der Waals surface area contributed by atoms with Gasteiger partial charge >= 0.3 is 0 Å². The lowest BCUT2D eigenvalue weighted by Crippen LogP contribution is -2.36. The van der Waals surface area contributed by atoms with Gasteiger partial charge in [0.1, 0.15) is 0 Å². The second-order valence-corrected chi connectivity index (χ2v) is 5.49. The minimum absolute atomic E-state index is 0.628. The van der Waals surface area contributed by atoms with Gasteiger partial charge in [0.05, 0.1) is 0 Å². The van der Waals surface area contributed by atoms with Gasteiger partial charge in [-0.25, -0.2) is 0 Å². The van der Waals surface area contributed by atoms with E-state index >= 15 is 0 Å². The van der Waals surface area contributed by atoms with Crippen LogP contribution < -0.4 is 5.73 Å². The Bertz CT molecular complexity index is 361. The van der Waals surface area contributed by atoms with E-state index in [2.05, 4.69) is 48.2 Å². The van der Waals surface area contributed by atoms with Gasteiger partial charge in [-0.15, -0.1) is 0 Å². The quantitative estimate of drug-likeness (QED) is 0.859. The molecule has 1 heterocycles. The summed E-state index contributed by atoms with van der Waals surface area (Å²) in [7, 11) is 4.45. The summed E-state index contributed by atoms with van der Waals surface area (Å²) in [5, 5.41) is 0. The van der Waals surface area contributed by atoms with Crippen molar-refractivity contribution in [2.24, 2.45) is 5.73 Å². The van der Waals surface area contributed by atoms with Crippen LogP contribution in [0.25, 0.3) is 0 Å². The van der Waals surface area contributed by atoms with Gasteiger partial charge in [-0.05, 0) is 44.6 Å². The van der Waals surface area contributed by atoms with Gasteiger partial charge in [0.2, 0.25) is 0 Å². The normalized spacial score (nSPS) is 20.8. The monoisotopic (exact) mass is 247 g/mol. The molecule has 0 amide bonds. The van der Waals surface area contributed by atoms with Gasteiger partial charge in [-0.2, -0.15) is 0 Å². The largest absolute Gasteiger partial charge is 0.326 e. The fourth-order valence-electron chi connectivity index (χ4n) is 2.73. The summed E-state index contributed by atoms with van der Waals surface area (Å²) < 4.78 is 0. The van der Waals surface area contributed by atoms with Gasteiger partial charge in [0.15, 0.2) is 0 Å². The molecule has 100 valence electrons. The van der Waals surface area contributed by atoms with Crippen LogP contribution in [0.1, 0.15) is 24.0 Å². The third-order valence-corrected chi connectivity index (χ3v) is 3.91. The van der Waals surface area contributed by atoms with Crippen LogP contribution in [0.2, 0.25) is 0 Å². The van der Waals surface area contributed by atoms with Crippen molar-refractivity contribution in [3.63, 3.8) is 0 Å². The Kier molecular flexibility index (Phi) is 4.75. The highest BCUT2D eigenvalue weighted by atomic mass is 15.2. The number of benzene rings is 1. The molecule has 18 heavy (non-hydrogen) atoms. The predicted molar refractivity (Wildman–Crippen MR) is 76.3 cm³/mol. The molecule has 3 heteroatoms. The second-order valence-electron chi connectivity index (χ2n) is 5.49. The zero-order valence-corrected chi connectivity index (χ0v) is 11.6. The first-order chi connectivity index (χ1) is 8.69. The Balaban J connectivity index is 1.84. The first-order valence-electron chi connectivity index (χ1n) is 6.85. The molecule has 0 aromatic heterocycles. The van der Waals surface area contributed by atoms with E-state index < -0.39 is 0 Å². The lowest BCUT2D eigenvalue weighted by atomic mass is 10.1. The van der Waals surface area contributed by atoms with Gasteiger partial charge in [-0.3, -0.25) is 0 Å². The van der Waals surface area contributed by atoms with E-state index in [0.29, 0.717) is 6.54 Å². The molecule has 1 unspecified atom stereocenters. The van der Waals surface area contributed by atoms with E-state index in [1.807, 2.05) is 0 Å². The minimum Gasteiger partial charge on any atom is -0.326 e. The molecule has 0 spiro atoms. The van der Waals surface area contributed by atoms with Crippen molar-refractivity contribution >= 4 is 0 Å². The third-order valence-electron chi connectivity index (χ3n) is 3.91. The Labute approximate surface area is 111 Å². The van der Waals surface area contributed by atoms with Crippen molar-refractivity contribution in [2.75, 3.05) is 27.2 Å². The predicted octanol–water partition coefficient (Wildman–Crippen LogP) is 1.67. The highest BCUT2D eigenvalue weighted by Crippen LogP contribution is 2.16. The van der Waals surface area contributed by atoms with Crippen molar-refractivity contribution < 1.29 is 0 Å². The summed E-state index contributed by atoms with van der Waals surface area (Å²) in [6.45, 7) is 4.07. The van der Waals surface area contributed by atoms with Crippen LogP contribution in [0, 0.1) is 0 Å². The molecule has 0 radical (unpaired) electrons. The molecule has 0 saturated carbocycles. The van der Waals surface area contributed by atoms with E-state index in [0.717, 1.165) is 19.1 Å². The van der Waals surface area contributed by atoms with E-state index in [1.165, 1.54) is 30.5 Å². The van der Waals surface area contributed by atoms with Crippen molar-refractivity contribution in [3.8, 4) is 0 Å². The van der Waals surface area contributed by atoms with Crippen LogP contribution in [-0.2, 0) is 13.1 Å². The third kappa shape index (κ3) is 3.55. The standard InChI is InChI=1S/C15H25N3/c1-17(12-15-4-3-9-18(15)2)11-14-7-5-13(10-16)6-8-14/h5-8,15H,3-4,9-12,16H2,1-2H3. The van der Waals surface area contributed by atoms with Gasteiger partial charge in [0.25, 0.3) is 0 Å². The molecule has 0 aliphatic carbocycles. The molecule has 2 N–H and O–H groups in total. The highest BCUT2D eigenvalue weighted by Gasteiger charge is 2.21. The van der Waals surface area contributed by atoms with Crippen molar-refractivity contribution in [1.82, 2.24) is 9.80 Å². The lowest BCUT2D eigenvalue weighted by molar-refractivity contribution is 0.215. The SMILES string of the molecule is CN(Cc1ccc(CN)cc1)CC1CCCN1C. The number of hydrogen-bond acceptors (Lipinski definition) is 3. The van der Waals surface area contributed by atoms with Crippen molar-refractivity contribution in [3.05, 3.63) is 35.4 Å². The van der Waals surface area contributed by atoms with E-state index in [4.69, 9.17) is 5.73 Å². The Morgan fingerprint density at radius 1 is 1.28 bits per heavy atom. The van der Waals surface area contributed by atoms with Crippen LogP contribution in [0.4, 0.5) is 0 Å². The van der Waals surface area contributed by atoms with Crippen molar-refractivity contribution in [2.45, 2.75) is 32.0 Å². The molecule has 1 fully saturated rings. The molecule has 1 saturated heterocycles. The van der Waals surface area contributed by atoms with E-state index in [1.54, 1.807) is 0 Å². The first-order valence-corrected chi connectivity index (χ1v) is 6.85. The molecule has 1 aliphatic rings. The summed E-state index contributed by atoms with van der Waals surface area (Å²) in [6, 6.07) is 9.38. The number of nitrogens with zero attached hydrogens (tertiary/aromatic N) is 2. The average Bonchev–Trinajstić information content (AvgIpc) is 2.76. The topological polar surface area (TPSA) is 32.5 Å². The second kappa shape index (κ2) is 6.32. The molecule has 1 atom stereocenters. The summed E-state index contributed by atoms with van der Waals surface area (Å²) in [6.07, 6.45) is 2.69. The molecular weight excluding hydrogens is 222 g/mol. The number of hydrogen-bond donors (Lipinski definition) is 1. The van der Waals surface area contributed by atoms with Crippen molar-refractivity contribution in [1.29, 1.82) is 0 Å². The Morgan fingerprint density at radius 3 is 2.50 bits per heavy atom. The van der Waals surface area contributed by atoms with Crippen LogP contribution in [0.3, 0.4) is 0 Å². The maximum absolute atomic E-state index is 5.61. The zero-order chi connectivity index (χ0) is 13.0. The fourth-order valence-corrected chi connectivity index (χ4v) is 2.73. The van der Waals surface area contributed by atoms with Crippen LogP contribution in [0.15, 0.2) is 24.3 Å². The maximum Gasteiger partial charge on any atom is 0.0231 e. The highest BCUT2D eigenvalue weighted by molar-refractivity contribution is 5.22. The fraction of sp³-hybridized carbons (Fsp3) is 0.600. The molecule has 0 bridgehead atoms. The lowest BCUT2D eigenvalue weighted by Gasteiger charge is -2.25. The van der Waals surface area contributed by atoms with Gasteiger partial charge in [-0.1, -0.05) is 24.3 Å². The summed E-state index contributed by atoms with van der Waals surface area (Å²) in [4.78, 5) is 4.90. The van der Waals surface area contributed by atoms with Gasteiger partial charge < -0.3 is 15.5 Å². The summed E-state index contributed by atoms with van der Waals surface area (Å²) in [5.41, 5.74) is 8.19. The molecule has 2 rings (SSSR count).